The smallest absolute Gasteiger partial charge is 0.305 e. The Labute approximate surface area is 156 Å². The maximum absolute atomic E-state index is 11.2. The molecule has 142 valence electrons. The van der Waals surface area contributed by atoms with E-state index in [2.05, 4.69) is 26.0 Å². The zero-order chi connectivity index (χ0) is 18.8. The first-order valence-electron chi connectivity index (χ1n) is 9.36. The van der Waals surface area contributed by atoms with E-state index in [9.17, 15) is 4.79 Å². The molecular formula is C22H30O4. The fourth-order valence-corrected chi connectivity index (χ4v) is 3.03. The normalized spacial score (nSPS) is 13.0. The van der Waals surface area contributed by atoms with Crippen molar-refractivity contribution < 1.29 is 18.4 Å². The number of methoxy groups -OCH3 is 1. The molecule has 2 aromatic rings. The average molecular weight is 358 g/mol. The monoisotopic (exact) mass is 358 g/mol. The number of ether oxygens (including phenoxy) is 1. The SMILES string of the molecule is COC(=O)CC(C)CCCC(C)=CCCc1coc(Cc2ccoc2)c1. The molecule has 0 aliphatic carbocycles. The van der Waals surface area contributed by atoms with Crippen molar-refractivity contribution in [2.75, 3.05) is 7.11 Å². The summed E-state index contributed by atoms with van der Waals surface area (Å²) < 4.78 is 15.4. The van der Waals surface area contributed by atoms with Crippen molar-refractivity contribution in [3.8, 4) is 0 Å². The molecule has 2 rings (SSSR count). The molecule has 0 bridgehead atoms. The van der Waals surface area contributed by atoms with Crippen molar-refractivity contribution in [1.82, 2.24) is 0 Å². The molecule has 0 N–H and O–H groups in total. The van der Waals surface area contributed by atoms with Crippen molar-refractivity contribution in [2.45, 2.75) is 58.8 Å². The lowest BCUT2D eigenvalue weighted by molar-refractivity contribution is -0.141. The molecule has 2 heterocycles. The van der Waals surface area contributed by atoms with Gasteiger partial charge in [-0.3, -0.25) is 4.79 Å². The van der Waals surface area contributed by atoms with Gasteiger partial charge in [0, 0.05) is 12.8 Å². The van der Waals surface area contributed by atoms with Gasteiger partial charge < -0.3 is 13.6 Å². The van der Waals surface area contributed by atoms with Crippen molar-refractivity contribution in [1.29, 1.82) is 0 Å². The number of carbonyl (C=O) groups is 1. The first-order chi connectivity index (χ1) is 12.6. The predicted octanol–water partition coefficient (Wildman–Crippen LogP) is 5.71. The van der Waals surface area contributed by atoms with Gasteiger partial charge in [0.05, 0.1) is 25.9 Å². The van der Waals surface area contributed by atoms with Crippen LogP contribution in [0, 0.1) is 5.92 Å². The Morgan fingerprint density at radius 2 is 2.15 bits per heavy atom. The van der Waals surface area contributed by atoms with E-state index in [0.717, 1.165) is 49.8 Å². The van der Waals surface area contributed by atoms with Crippen LogP contribution in [0.15, 0.2) is 51.4 Å². The number of furan rings is 2. The molecule has 0 amide bonds. The Morgan fingerprint density at radius 3 is 2.88 bits per heavy atom. The van der Waals surface area contributed by atoms with Gasteiger partial charge in [-0.1, -0.05) is 18.6 Å². The van der Waals surface area contributed by atoms with Crippen LogP contribution in [0.3, 0.4) is 0 Å². The molecule has 0 saturated heterocycles. The topological polar surface area (TPSA) is 52.6 Å². The molecule has 4 nitrogen and oxygen atoms in total. The van der Waals surface area contributed by atoms with Gasteiger partial charge in [0.1, 0.15) is 5.76 Å². The van der Waals surface area contributed by atoms with E-state index in [0.29, 0.717) is 12.3 Å². The third kappa shape index (κ3) is 7.34. The van der Waals surface area contributed by atoms with E-state index >= 15 is 0 Å². The summed E-state index contributed by atoms with van der Waals surface area (Å²) >= 11 is 0. The van der Waals surface area contributed by atoms with E-state index in [1.807, 2.05) is 12.3 Å². The van der Waals surface area contributed by atoms with E-state index in [4.69, 9.17) is 13.6 Å². The number of carbonyl (C=O) groups excluding carboxylic acids is 1. The minimum absolute atomic E-state index is 0.114. The number of hydrogen-bond acceptors (Lipinski definition) is 4. The second-order valence-corrected chi connectivity index (χ2v) is 7.10. The third-order valence-electron chi connectivity index (χ3n) is 4.60. The largest absolute Gasteiger partial charge is 0.472 e. The first kappa shape index (κ1) is 20.1. The van der Waals surface area contributed by atoms with Gasteiger partial charge in [0.15, 0.2) is 0 Å². The van der Waals surface area contributed by atoms with Crippen LogP contribution in [0.25, 0.3) is 0 Å². The number of allylic oxidation sites excluding steroid dienone is 2. The third-order valence-corrected chi connectivity index (χ3v) is 4.60. The molecule has 1 atom stereocenters. The Morgan fingerprint density at radius 1 is 1.31 bits per heavy atom. The van der Waals surface area contributed by atoms with E-state index in [1.54, 1.807) is 12.5 Å². The highest BCUT2D eigenvalue weighted by Crippen LogP contribution is 2.18. The zero-order valence-corrected chi connectivity index (χ0v) is 16.1. The Bertz CT molecular complexity index is 679. The Hall–Kier alpha value is -2.23. The van der Waals surface area contributed by atoms with Gasteiger partial charge in [0.2, 0.25) is 0 Å². The van der Waals surface area contributed by atoms with Crippen LogP contribution < -0.4 is 0 Å². The Balaban J connectivity index is 1.64. The van der Waals surface area contributed by atoms with Crippen molar-refractivity contribution in [2.24, 2.45) is 5.92 Å². The van der Waals surface area contributed by atoms with Gasteiger partial charge in [-0.05, 0) is 68.2 Å². The van der Waals surface area contributed by atoms with Gasteiger partial charge in [-0.2, -0.15) is 0 Å². The molecule has 1 unspecified atom stereocenters. The summed E-state index contributed by atoms with van der Waals surface area (Å²) in [5.74, 6) is 1.24. The summed E-state index contributed by atoms with van der Waals surface area (Å²) in [7, 11) is 1.45. The molecule has 2 aromatic heterocycles. The number of hydrogen-bond donors (Lipinski definition) is 0. The van der Waals surface area contributed by atoms with Gasteiger partial charge in [-0.25, -0.2) is 0 Å². The molecule has 0 radical (unpaired) electrons. The quantitative estimate of drug-likeness (QED) is 0.381. The van der Waals surface area contributed by atoms with Crippen LogP contribution >= 0.6 is 0 Å². The van der Waals surface area contributed by atoms with Gasteiger partial charge in [-0.15, -0.1) is 0 Å². The molecule has 0 aliphatic rings. The molecule has 0 saturated carbocycles. The second kappa shape index (κ2) is 10.7. The van der Waals surface area contributed by atoms with Crippen LogP contribution in [-0.2, 0) is 22.4 Å². The highest BCUT2D eigenvalue weighted by molar-refractivity contribution is 5.69. The molecule has 0 spiro atoms. The molecule has 26 heavy (non-hydrogen) atoms. The lowest BCUT2D eigenvalue weighted by Gasteiger charge is -2.09. The second-order valence-electron chi connectivity index (χ2n) is 7.10. The van der Waals surface area contributed by atoms with Crippen LogP contribution in [0.2, 0.25) is 0 Å². The molecule has 0 aromatic carbocycles. The molecule has 4 heteroatoms. The maximum atomic E-state index is 11.2. The number of esters is 1. The van der Waals surface area contributed by atoms with Crippen LogP contribution in [0.4, 0.5) is 0 Å². The van der Waals surface area contributed by atoms with Gasteiger partial charge >= 0.3 is 5.97 Å². The number of aryl methyl sites for hydroxylation is 1. The lowest BCUT2D eigenvalue weighted by Crippen LogP contribution is -2.07. The molecule has 0 aliphatic heterocycles. The highest BCUT2D eigenvalue weighted by Gasteiger charge is 2.09. The predicted molar refractivity (Wildman–Crippen MR) is 102 cm³/mol. The first-order valence-corrected chi connectivity index (χ1v) is 9.36. The van der Waals surface area contributed by atoms with Crippen molar-refractivity contribution in [3.05, 3.63) is 59.5 Å². The van der Waals surface area contributed by atoms with E-state index in [1.165, 1.54) is 18.2 Å². The summed E-state index contributed by atoms with van der Waals surface area (Å²) in [5, 5.41) is 0. The Kier molecular flexibility index (Phi) is 8.26. The fraction of sp³-hybridized carbons (Fsp3) is 0.500. The minimum Gasteiger partial charge on any atom is -0.472 e. The van der Waals surface area contributed by atoms with Crippen LogP contribution in [0.1, 0.15) is 62.8 Å². The summed E-state index contributed by atoms with van der Waals surface area (Å²) in [6, 6.07) is 4.09. The standard InChI is InChI=1S/C22H30O4/c1-17(6-4-8-18(2)12-22(23)24-3)7-5-9-19-13-21(26-16-19)14-20-10-11-25-15-20/h7,10-11,13,15-16,18H,4-6,8-9,12,14H2,1-3H3. The van der Waals surface area contributed by atoms with Crippen molar-refractivity contribution in [3.63, 3.8) is 0 Å². The number of rotatable bonds is 11. The van der Waals surface area contributed by atoms with E-state index < -0.39 is 0 Å². The summed E-state index contributed by atoms with van der Waals surface area (Å²) in [4.78, 5) is 11.2. The van der Waals surface area contributed by atoms with E-state index in [-0.39, 0.29) is 5.97 Å². The lowest BCUT2D eigenvalue weighted by atomic mass is 9.98. The fourth-order valence-electron chi connectivity index (χ4n) is 3.03. The summed E-state index contributed by atoms with van der Waals surface area (Å²) in [6.07, 6.45) is 14.2. The molecule has 0 fully saturated rings. The maximum Gasteiger partial charge on any atom is 0.305 e. The van der Waals surface area contributed by atoms with Crippen LogP contribution in [-0.4, -0.2) is 13.1 Å². The molecular weight excluding hydrogens is 328 g/mol. The minimum atomic E-state index is -0.114. The summed E-state index contributed by atoms with van der Waals surface area (Å²) in [6.45, 7) is 4.29. The zero-order valence-electron chi connectivity index (χ0n) is 16.1. The average Bonchev–Trinajstić information content (AvgIpc) is 3.27. The van der Waals surface area contributed by atoms with Gasteiger partial charge in [0.25, 0.3) is 0 Å². The van der Waals surface area contributed by atoms with Crippen LogP contribution in [0.5, 0.6) is 0 Å². The summed E-state index contributed by atoms with van der Waals surface area (Å²) in [5.41, 5.74) is 3.78. The van der Waals surface area contributed by atoms with Crippen molar-refractivity contribution >= 4 is 5.97 Å². The highest BCUT2D eigenvalue weighted by atomic mass is 16.5.